The molecule has 2 aromatic carbocycles. The number of H-pyrrole nitrogens is 1. The zero-order valence-electron chi connectivity index (χ0n) is 12.9. The lowest BCUT2D eigenvalue weighted by Crippen LogP contribution is -2.15. The topological polar surface area (TPSA) is 37.8 Å². The molecule has 0 radical (unpaired) electrons. The second-order valence-electron chi connectivity index (χ2n) is 5.91. The van der Waals surface area contributed by atoms with Crippen LogP contribution >= 0.6 is 0 Å². The van der Waals surface area contributed by atoms with Gasteiger partial charge in [0, 0.05) is 5.69 Å². The molecule has 0 saturated heterocycles. The van der Waals surface area contributed by atoms with Gasteiger partial charge in [-0.2, -0.15) is 0 Å². The van der Waals surface area contributed by atoms with Crippen molar-refractivity contribution in [2.75, 3.05) is 0 Å². The van der Waals surface area contributed by atoms with E-state index in [4.69, 9.17) is 0 Å². The molecule has 3 nitrogen and oxygen atoms in total. The van der Waals surface area contributed by atoms with Gasteiger partial charge in [-0.3, -0.25) is 9.89 Å². The third kappa shape index (κ3) is 2.75. The van der Waals surface area contributed by atoms with Crippen molar-refractivity contribution in [2.45, 2.75) is 20.3 Å². The summed E-state index contributed by atoms with van der Waals surface area (Å²) >= 11 is 0. The molecule has 0 bridgehead atoms. The summed E-state index contributed by atoms with van der Waals surface area (Å²) in [6, 6.07) is 19.6. The summed E-state index contributed by atoms with van der Waals surface area (Å²) in [5.74, 6) is 0.477. The van der Waals surface area contributed by atoms with Crippen molar-refractivity contribution in [3.05, 3.63) is 76.7 Å². The number of rotatable bonds is 4. The van der Waals surface area contributed by atoms with E-state index >= 15 is 0 Å². The molecule has 1 aromatic heterocycles. The molecule has 3 aromatic rings. The van der Waals surface area contributed by atoms with Crippen molar-refractivity contribution < 1.29 is 0 Å². The highest BCUT2D eigenvalue weighted by Crippen LogP contribution is 2.22. The van der Waals surface area contributed by atoms with Crippen LogP contribution in [0, 0.1) is 5.92 Å². The Balaban J connectivity index is 2.19. The Labute approximate surface area is 130 Å². The summed E-state index contributed by atoms with van der Waals surface area (Å²) in [5.41, 5.74) is 3.61. The summed E-state index contributed by atoms with van der Waals surface area (Å²) in [6.07, 6.45) is 0.847. The Morgan fingerprint density at radius 2 is 1.55 bits per heavy atom. The number of aromatic nitrogens is 2. The van der Waals surface area contributed by atoms with Gasteiger partial charge in [-0.05, 0) is 30.0 Å². The number of hydrogen-bond acceptors (Lipinski definition) is 1. The van der Waals surface area contributed by atoms with E-state index in [1.54, 1.807) is 4.68 Å². The monoisotopic (exact) mass is 292 g/mol. The van der Waals surface area contributed by atoms with Crippen molar-refractivity contribution >= 4 is 0 Å². The van der Waals surface area contributed by atoms with E-state index in [0.29, 0.717) is 5.92 Å². The summed E-state index contributed by atoms with van der Waals surface area (Å²) in [5, 5.41) is 3.30. The van der Waals surface area contributed by atoms with Gasteiger partial charge in [0.25, 0.3) is 5.56 Å². The zero-order valence-corrected chi connectivity index (χ0v) is 12.9. The molecule has 0 aliphatic carbocycles. The fourth-order valence-electron chi connectivity index (χ4n) is 2.70. The molecule has 0 fully saturated rings. The van der Waals surface area contributed by atoms with Crippen molar-refractivity contribution in [3.63, 3.8) is 0 Å². The van der Waals surface area contributed by atoms with Crippen LogP contribution in [0.4, 0.5) is 0 Å². The summed E-state index contributed by atoms with van der Waals surface area (Å²) < 4.78 is 1.64. The highest BCUT2D eigenvalue weighted by molar-refractivity contribution is 5.65. The minimum Gasteiger partial charge on any atom is -0.294 e. The molecule has 0 spiro atoms. The van der Waals surface area contributed by atoms with Crippen LogP contribution in [0.15, 0.2) is 65.5 Å². The largest absolute Gasteiger partial charge is 0.294 e. The number of hydrogen-bond donors (Lipinski definition) is 1. The maximum atomic E-state index is 12.9. The van der Waals surface area contributed by atoms with E-state index < -0.39 is 0 Å². The molecule has 0 amide bonds. The second-order valence-corrected chi connectivity index (χ2v) is 5.91. The second kappa shape index (κ2) is 6.06. The van der Waals surface area contributed by atoms with Crippen molar-refractivity contribution in [1.29, 1.82) is 0 Å². The van der Waals surface area contributed by atoms with Gasteiger partial charge in [0.2, 0.25) is 0 Å². The molecule has 1 N–H and O–H groups in total. The molecule has 0 aliphatic heterocycles. The van der Waals surface area contributed by atoms with E-state index in [9.17, 15) is 4.79 Å². The Hall–Kier alpha value is -2.55. The van der Waals surface area contributed by atoms with E-state index in [1.807, 2.05) is 60.7 Å². The van der Waals surface area contributed by atoms with Crippen LogP contribution in [0.1, 0.15) is 19.5 Å². The van der Waals surface area contributed by atoms with Gasteiger partial charge in [-0.25, -0.2) is 4.68 Å². The lowest BCUT2D eigenvalue weighted by atomic mass is 10.0. The fraction of sp³-hybridized carbons (Fsp3) is 0.211. The summed E-state index contributed by atoms with van der Waals surface area (Å²) in [7, 11) is 0. The van der Waals surface area contributed by atoms with Gasteiger partial charge in [-0.15, -0.1) is 0 Å². The molecule has 0 aliphatic rings. The minimum atomic E-state index is 0.00745. The van der Waals surface area contributed by atoms with Crippen LogP contribution in [0.3, 0.4) is 0 Å². The van der Waals surface area contributed by atoms with E-state index in [0.717, 1.165) is 28.9 Å². The Bertz CT molecular complexity index is 798. The van der Waals surface area contributed by atoms with Crippen LogP contribution in [0.25, 0.3) is 16.8 Å². The predicted octanol–water partition coefficient (Wildman–Crippen LogP) is 4.03. The Kier molecular flexibility index (Phi) is 3.96. The van der Waals surface area contributed by atoms with Crippen LogP contribution in [0.5, 0.6) is 0 Å². The molecule has 3 heteroatoms. The average molecular weight is 292 g/mol. The van der Waals surface area contributed by atoms with Crippen LogP contribution in [-0.4, -0.2) is 9.78 Å². The minimum absolute atomic E-state index is 0.00745. The molecule has 22 heavy (non-hydrogen) atoms. The van der Waals surface area contributed by atoms with E-state index in [-0.39, 0.29) is 5.56 Å². The molecule has 0 unspecified atom stereocenters. The number of nitrogens with one attached hydrogen (secondary N) is 1. The highest BCUT2D eigenvalue weighted by Gasteiger charge is 2.17. The van der Waals surface area contributed by atoms with Crippen molar-refractivity contribution in [2.24, 2.45) is 5.92 Å². The maximum absolute atomic E-state index is 12.9. The van der Waals surface area contributed by atoms with Gasteiger partial charge in [-0.1, -0.05) is 62.4 Å². The smallest absolute Gasteiger partial charge is 0.279 e. The Morgan fingerprint density at radius 3 is 2.14 bits per heavy atom. The zero-order chi connectivity index (χ0) is 15.5. The van der Waals surface area contributed by atoms with Crippen LogP contribution in [0.2, 0.25) is 0 Å². The average Bonchev–Trinajstić information content (AvgIpc) is 2.85. The maximum Gasteiger partial charge on any atom is 0.279 e. The number of benzene rings is 2. The van der Waals surface area contributed by atoms with E-state index in [2.05, 4.69) is 18.9 Å². The number of aromatic amines is 1. The first-order chi connectivity index (χ1) is 10.7. The molecule has 112 valence electrons. The quantitative estimate of drug-likeness (QED) is 0.774. The van der Waals surface area contributed by atoms with Gasteiger partial charge < -0.3 is 0 Å². The third-order valence-corrected chi connectivity index (χ3v) is 3.65. The van der Waals surface area contributed by atoms with E-state index in [1.165, 1.54) is 0 Å². The first-order valence-electron chi connectivity index (χ1n) is 7.61. The first-order valence-corrected chi connectivity index (χ1v) is 7.61. The van der Waals surface area contributed by atoms with Gasteiger partial charge in [0.05, 0.1) is 11.3 Å². The van der Waals surface area contributed by atoms with Crippen molar-refractivity contribution in [1.82, 2.24) is 9.78 Å². The summed E-state index contributed by atoms with van der Waals surface area (Å²) in [6.45, 7) is 4.32. The molecule has 1 heterocycles. The first kappa shape index (κ1) is 14.4. The lowest BCUT2D eigenvalue weighted by Gasteiger charge is -2.05. The molecule has 0 saturated carbocycles. The predicted molar refractivity (Wildman–Crippen MR) is 90.4 cm³/mol. The highest BCUT2D eigenvalue weighted by atomic mass is 16.1. The third-order valence-electron chi connectivity index (χ3n) is 3.65. The molecular weight excluding hydrogens is 272 g/mol. The number of para-hydroxylation sites is 1. The van der Waals surface area contributed by atoms with Gasteiger partial charge in [0.15, 0.2) is 0 Å². The molecule has 3 rings (SSSR count). The molecular formula is C19H20N2O. The van der Waals surface area contributed by atoms with Crippen LogP contribution in [-0.2, 0) is 6.42 Å². The number of nitrogens with zero attached hydrogens (tertiary/aromatic N) is 1. The van der Waals surface area contributed by atoms with Crippen molar-refractivity contribution in [3.8, 4) is 16.8 Å². The fourth-order valence-corrected chi connectivity index (χ4v) is 2.70. The molecule has 0 atom stereocenters. The standard InChI is InChI=1S/C19H20N2O/c1-14(2)13-17-18(15-9-5-3-6-10-15)19(22)21(20-17)16-11-7-4-8-12-16/h3-12,14,20H,13H2,1-2H3. The Morgan fingerprint density at radius 1 is 0.955 bits per heavy atom. The summed E-state index contributed by atoms with van der Waals surface area (Å²) in [4.78, 5) is 12.9. The SMILES string of the molecule is CC(C)Cc1[nH]n(-c2ccccc2)c(=O)c1-c1ccccc1. The van der Waals surface area contributed by atoms with Gasteiger partial charge >= 0.3 is 0 Å². The normalized spacial score (nSPS) is 11.0. The lowest BCUT2D eigenvalue weighted by molar-refractivity contribution is 0.628. The van der Waals surface area contributed by atoms with Crippen LogP contribution < -0.4 is 5.56 Å². The van der Waals surface area contributed by atoms with Gasteiger partial charge in [0.1, 0.15) is 0 Å².